The summed E-state index contributed by atoms with van der Waals surface area (Å²) in [5.41, 5.74) is 0.702. The van der Waals surface area contributed by atoms with Gasteiger partial charge in [-0.1, -0.05) is 0 Å². The standard InChI is InChI=1S/C19H26N2O3/c1-13-16(7-11-24-13)18(23)20-15-4-8-19(9-5-15)10-6-17(22)21(19)12-14-2-3-14/h7,11,14-15H,2-6,8-10,12H2,1H3,(H,20,23). The molecule has 0 aromatic carbocycles. The molecule has 2 heterocycles. The molecule has 0 radical (unpaired) electrons. The minimum atomic E-state index is -0.0421. The van der Waals surface area contributed by atoms with Crippen molar-refractivity contribution in [2.24, 2.45) is 5.92 Å². The van der Waals surface area contributed by atoms with Crippen LogP contribution in [0.25, 0.3) is 0 Å². The maximum atomic E-state index is 12.3. The highest BCUT2D eigenvalue weighted by Gasteiger charge is 2.48. The molecule has 1 spiro atoms. The number of likely N-dealkylation sites (tertiary alicyclic amines) is 1. The molecule has 5 nitrogen and oxygen atoms in total. The molecule has 4 rings (SSSR count). The van der Waals surface area contributed by atoms with Gasteiger partial charge in [-0.15, -0.1) is 0 Å². The highest BCUT2D eigenvalue weighted by molar-refractivity contribution is 5.95. The lowest BCUT2D eigenvalue weighted by Gasteiger charge is -2.44. The number of hydrogen-bond donors (Lipinski definition) is 1. The van der Waals surface area contributed by atoms with Gasteiger partial charge in [0, 0.05) is 24.5 Å². The molecule has 3 aliphatic rings. The van der Waals surface area contributed by atoms with E-state index < -0.39 is 0 Å². The Bertz CT molecular complexity index is 639. The largest absolute Gasteiger partial charge is 0.469 e. The Labute approximate surface area is 142 Å². The van der Waals surface area contributed by atoms with Crippen molar-refractivity contribution < 1.29 is 14.0 Å². The molecule has 1 aromatic heterocycles. The van der Waals surface area contributed by atoms with Crippen LogP contribution < -0.4 is 5.32 Å². The van der Waals surface area contributed by atoms with E-state index >= 15 is 0 Å². The third-order valence-corrected chi connectivity index (χ3v) is 6.17. The first-order valence-corrected chi connectivity index (χ1v) is 9.23. The lowest BCUT2D eigenvalue weighted by atomic mass is 9.77. The van der Waals surface area contributed by atoms with Crippen molar-refractivity contribution >= 4 is 11.8 Å². The summed E-state index contributed by atoms with van der Waals surface area (Å²) < 4.78 is 5.21. The maximum absolute atomic E-state index is 12.3. The van der Waals surface area contributed by atoms with E-state index in [2.05, 4.69) is 10.2 Å². The Hall–Kier alpha value is -1.78. The molecule has 1 saturated heterocycles. The summed E-state index contributed by atoms with van der Waals surface area (Å²) in [6.45, 7) is 2.77. The van der Waals surface area contributed by atoms with Gasteiger partial charge in [0.25, 0.3) is 5.91 Å². The number of nitrogens with zero attached hydrogens (tertiary/aromatic N) is 1. The summed E-state index contributed by atoms with van der Waals surface area (Å²) in [6.07, 6.45) is 9.76. The van der Waals surface area contributed by atoms with Crippen LogP contribution in [0.3, 0.4) is 0 Å². The average molecular weight is 330 g/mol. The second-order valence-electron chi connectivity index (χ2n) is 7.81. The molecule has 130 valence electrons. The van der Waals surface area contributed by atoms with E-state index in [1.807, 2.05) is 6.92 Å². The first kappa shape index (κ1) is 15.7. The molecule has 5 heteroatoms. The Morgan fingerprint density at radius 2 is 2.04 bits per heavy atom. The Balaban J connectivity index is 1.36. The minimum absolute atomic E-state index is 0.0421. The van der Waals surface area contributed by atoms with Gasteiger partial charge in [-0.25, -0.2) is 0 Å². The fraction of sp³-hybridized carbons (Fsp3) is 0.684. The van der Waals surface area contributed by atoms with Crippen LogP contribution in [0.1, 0.15) is 67.5 Å². The predicted octanol–water partition coefficient (Wildman–Crippen LogP) is 3.03. The number of carbonyl (C=O) groups is 2. The summed E-state index contributed by atoms with van der Waals surface area (Å²) in [4.78, 5) is 26.8. The summed E-state index contributed by atoms with van der Waals surface area (Å²) in [5, 5.41) is 3.15. The Morgan fingerprint density at radius 3 is 2.67 bits per heavy atom. The highest BCUT2D eigenvalue weighted by atomic mass is 16.3. The van der Waals surface area contributed by atoms with Gasteiger partial charge in [0.1, 0.15) is 5.76 Å². The van der Waals surface area contributed by atoms with Gasteiger partial charge in [0.15, 0.2) is 0 Å². The molecule has 3 fully saturated rings. The van der Waals surface area contributed by atoms with Crippen molar-refractivity contribution in [2.75, 3.05) is 6.54 Å². The molecule has 2 aliphatic carbocycles. The number of nitrogens with one attached hydrogen (secondary N) is 1. The van der Waals surface area contributed by atoms with Crippen molar-refractivity contribution in [3.05, 3.63) is 23.7 Å². The van der Waals surface area contributed by atoms with Crippen LogP contribution >= 0.6 is 0 Å². The van der Waals surface area contributed by atoms with Crippen molar-refractivity contribution in [1.29, 1.82) is 0 Å². The van der Waals surface area contributed by atoms with Crippen LogP contribution in [0.2, 0.25) is 0 Å². The van der Waals surface area contributed by atoms with E-state index in [0.717, 1.165) is 44.6 Å². The fourth-order valence-electron chi connectivity index (χ4n) is 4.43. The number of furan rings is 1. The Kier molecular flexibility index (Phi) is 3.89. The molecule has 0 atom stereocenters. The van der Waals surface area contributed by atoms with E-state index in [1.54, 1.807) is 12.3 Å². The van der Waals surface area contributed by atoms with Crippen molar-refractivity contribution in [3.8, 4) is 0 Å². The zero-order valence-electron chi connectivity index (χ0n) is 14.3. The predicted molar refractivity (Wildman–Crippen MR) is 89.6 cm³/mol. The quantitative estimate of drug-likeness (QED) is 0.923. The fourth-order valence-corrected chi connectivity index (χ4v) is 4.43. The molecule has 24 heavy (non-hydrogen) atoms. The molecule has 1 N–H and O–H groups in total. The highest BCUT2D eigenvalue weighted by Crippen LogP contribution is 2.44. The second-order valence-corrected chi connectivity index (χ2v) is 7.81. The van der Waals surface area contributed by atoms with Gasteiger partial charge < -0.3 is 14.6 Å². The van der Waals surface area contributed by atoms with Crippen molar-refractivity contribution in [2.45, 2.75) is 69.9 Å². The third-order valence-electron chi connectivity index (χ3n) is 6.17. The van der Waals surface area contributed by atoms with Crippen LogP contribution in [-0.4, -0.2) is 34.8 Å². The summed E-state index contributed by atoms with van der Waals surface area (Å²) in [6, 6.07) is 1.93. The normalized spacial score (nSPS) is 30.1. The van der Waals surface area contributed by atoms with Crippen LogP contribution in [0, 0.1) is 12.8 Å². The van der Waals surface area contributed by atoms with Crippen LogP contribution in [0.5, 0.6) is 0 Å². The number of hydrogen-bond acceptors (Lipinski definition) is 3. The second kappa shape index (κ2) is 5.94. The smallest absolute Gasteiger partial charge is 0.255 e. The summed E-state index contributed by atoms with van der Waals surface area (Å²) >= 11 is 0. The number of rotatable bonds is 4. The lowest BCUT2D eigenvalue weighted by molar-refractivity contribution is -0.132. The lowest BCUT2D eigenvalue weighted by Crippen LogP contribution is -2.51. The first-order valence-electron chi connectivity index (χ1n) is 9.23. The third kappa shape index (κ3) is 2.85. The zero-order valence-corrected chi connectivity index (χ0v) is 14.3. The molecule has 1 aliphatic heterocycles. The van der Waals surface area contributed by atoms with E-state index in [1.165, 1.54) is 12.8 Å². The van der Waals surface area contributed by atoms with E-state index in [0.29, 0.717) is 23.7 Å². The van der Waals surface area contributed by atoms with Gasteiger partial charge in [0.2, 0.25) is 5.91 Å². The minimum Gasteiger partial charge on any atom is -0.469 e. The summed E-state index contributed by atoms with van der Waals surface area (Å²) in [7, 11) is 0. The molecule has 2 amide bonds. The molecule has 0 unspecified atom stereocenters. The number of carbonyl (C=O) groups excluding carboxylic acids is 2. The molecular weight excluding hydrogens is 304 g/mol. The van der Waals surface area contributed by atoms with Crippen molar-refractivity contribution in [3.63, 3.8) is 0 Å². The van der Waals surface area contributed by atoms with Gasteiger partial charge in [-0.3, -0.25) is 9.59 Å². The number of aryl methyl sites for hydroxylation is 1. The van der Waals surface area contributed by atoms with E-state index in [9.17, 15) is 9.59 Å². The van der Waals surface area contributed by atoms with Crippen LogP contribution in [-0.2, 0) is 4.79 Å². The molecule has 1 aromatic rings. The molecular formula is C19H26N2O3. The van der Waals surface area contributed by atoms with Crippen LogP contribution in [0.4, 0.5) is 0 Å². The monoisotopic (exact) mass is 330 g/mol. The van der Waals surface area contributed by atoms with E-state index in [-0.39, 0.29) is 17.5 Å². The number of amides is 2. The SMILES string of the molecule is Cc1occc1C(=O)NC1CCC2(CCC(=O)N2CC2CC2)CC1. The average Bonchev–Trinajstić information content (AvgIpc) is 3.22. The van der Waals surface area contributed by atoms with Gasteiger partial charge >= 0.3 is 0 Å². The van der Waals surface area contributed by atoms with E-state index in [4.69, 9.17) is 4.42 Å². The first-order chi connectivity index (χ1) is 11.6. The van der Waals surface area contributed by atoms with Crippen LogP contribution in [0.15, 0.2) is 16.7 Å². The summed E-state index contributed by atoms with van der Waals surface area (Å²) in [5.74, 6) is 1.71. The van der Waals surface area contributed by atoms with Gasteiger partial charge in [0.05, 0.1) is 11.8 Å². The topological polar surface area (TPSA) is 62.6 Å². The molecule has 2 saturated carbocycles. The van der Waals surface area contributed by atoms with Gasteiger partial charge in [-0.2, -0.15) is 0 Å². The maximum Gasteiger partial charge on any atom is 0.255 e. The van der Waals surface area contributed by atoms with Gasteiger partial charge in [-0.05, 0) is 63.9 Å². The van der Waals surface area contributed by atoms with Crippen molar-refractivity contribution in [1.82, 2.24) is 10.2 Å². The Morgan fingerprint density at radius 1 is 1.29 bits per heavy atom. The zero-order chi connectivity index (χ0) is 16.7. The molecule has 0 bridgehead atoms.